The molecule has 1 aromatic heterocycles. The zero-order valence-corrected chi connectivity index (χ0v) is 13.4. The van der Waals surface area contributed by atoms with E-state index in [0.717, 1.165) is 30.8 Å². The van der Waals surface area contributed by atoms with Gasteiger partial charge in [-0.1, -0.05) is 12.1 Å². The fraction of sp³-hybridized carbons (Fsp3) is 0.769. The van der Waals surface area contributed by atoms with Crippen molar-refractivity contribution in [3.63, 3.8) is 0 Å². The van der Waals surface area contributed by atoms with Crippen molar-refractivity contribution < 1.29 is 13.6 Å². The van der Waals surface area contributed by atoms with E-state index in [2.05, 4.69) is 15.6 Å². The Labute approximate surface area is 134 Å². The van der Waals surface area contributed by atoms with Crippen LogP contribution in [0.15, 0.2) is 6.20 Å². The van der Waals surface area contributed by atoms with Crippen LogP contribution in [0.1, 0.15) is 42.7 Å². The number of carbonyl (C=O) groups excluding carboxylic acids is 1. The number of hydrogen-bond donors (Lipinski definition) is 1. The van der Waals surface area contributed by atoms with Crippen LogP contribution in [-0.4, -0.2) is 58.4 Å². The van der Waals surface area contributed by atoms with Gasteiger partial charge in [0, 0.05) is 6.54 Å². The highest BCUT2D eigenvalue weighted by atomic mass is 35.5. The first-order valence-electron chi connectivity index (χ1n) is 7.31. The van der Waals surface area contributed by atoms with E-state index in [1.165, 1.54) is 0 Å². The van der Waals surface area contributed by atoms with Crippen molar-refractivity contribution in [1.29, 1.82) is 0 Å². The first-order chi connectivity index (χ1) is 10.1. The van der Waals surface area contributed by atoms with Crippen LogP contribution in [-0.2, 0) is 0 Å². The van der Waals surface area contributed by atoms with E-state index < -0.39 is 18.9 Å². The van der Waals surface area contributed by atoms with Crippen LogP contribution in [0.4, 0.5) is 8.78 Å². The second-order valence-electron chi connectivity index (χ2n) is 5.21. The molecule has 22 heavy (non-hydrogen) atoms. The van der Waals surface area contributed by atoms with Gasteiger partial charge in [-0.15, -0.1) is 17.5 Å². The molecule has 2 rings (SSSR count). The van der Waals surface area contributed by atoms with Gasteiger partial charge in [-0.05, 0) is 32.4 Å². The van der Waals surface area contributed by atoms with E-state index in [0.29, 0.717) is 13.0 Å². The molecule has 1 aromatic rings. The molecule has 0 bridgehead atoms. The van der Waals surface area contributed by atoms with E-state index >= 15 is 0 Å². The van der Waals surface area contributed by atoms with Crippen LogP contribution in [0.2, 0.25) is 0 Å². The highest BCUT2D eigenvalue weighted by Gasteiger charge is 2.23. The molecule has 1 aliphatic heterocycles. The highest BCUT2D eigenvalue weighted by molar-refractivity contribution is 5.91. The molecule has 0 aliphatic carbocycles. The highest BCUT2D eigenvalue weighted by Crippen LogP contribution is 2.17. The minimum atomic E-state index is -2.54. The van der Waals surface area contributed by atoms with Gasteiger partial charge in [0.05, 0.1) is 18.8 Å². The molecule has 0 unspecified atom stereocenters. The number of halogens is 3. The summed E-state index contributed by atoms with van der Waals surface area (Å²) in [5.41, 5.74) is 0.141. The van der Waals surface area contributed by atoms with Crippen molar-refractivity contribution in [2.45, 2.75) is 38.7 Å². The molecule has 0 radical (unpaired) electrons. The number of alkyl halides is 2. The third kappa shape index (κ3) is 4.88. The van der Waals surface area contributed by atoms with Crippen LogP contribution < -0.4 is 5.32 Å². The number of rotatable bonds is 6. The Hall–Kier alpha value is -1.28. The zero-order valence-electron chi connectivity index (χ0n) is 12.5. The average molecular weight is 338 g/mol. The van der Waals surface area contributed by atoms with Crippen molar-refractivity contribution >= 4 is 18.3 Å². The Morgan fingerprint density at radius 1 is 1.50 bits per heavy atom. The van der Waals surface area contributed by atoms with Gasteiger partial charge < -0.3 is 10.2 Å². The lowest BCUT2D eigenvalue weighted by Crippen LogP contribution is -2.36. The predicted octanol–water partition coefficient (Wildman–Crippen LogP) is 1.74. The summed E-state index contributed by atoms with van der Waals surface area (Å²) >= 11 is 0. The third-order valence-corrected chi connectivity index (χ3v) is 3.55. The minimum Gasteiger partial charge on any atom is -0.331 e. The molecule has 0 spiro atoms. The van der Waals surface area contributed by atoms with Crippen LogP contribution in [0.25, 0.3) is 0 Å². The lowest BCUT2D eigenvalue weighted by molar-refractivity contribution is 0.0550. The number of nitrogens with zero attached hydrogens (tertiary/aromatic N) is 4. The quantitative estimate of drug-likeness (QED) is 0.859. The first kappa shape index (κ1) is 18.8. The molecule has 0 atom stereocenters. The number of piperidine rings is 1. The third-order valence-electron chi connectivity index (χ3n) is 3.55. The molecule has 1 N–H and O–H groups in total. The summed E-state index contributed by atoms with van der Waals surface area (Å²) in [4.78, 5) is 13.4. The number of nitrogens with one attached hydrogen (secondary N) is 1. The molecule has 1 fully saturated rings. The summed E-state index contributed by atoms with van der Waals surface area (Å²) in [6, 6.07) is 0.218. The average Bonchev–Trinajstić information content (AvgIpc) is 2.96. The van der Waals surface area contributed by atoms with E-state index in [4.69, 9.17) is 0 Å². The molecule has 0 aromatic carbocycles. The minimum absolute atomic E-state index is 0. The number of hydrogen-bond acceptors (Lipinski definition) is 4. The molecule has 1 amide bonds. The summed E-state index contributed by atoms with van der Waals surface area (Å²) in [7, 11) is 0. The van der Waals surface area contributed by atoms with Crippen molar-refractivity contribution in [1.82, 2.24) is 25.2 Å². The maximum atomic E-state index is 12.5. The summed E-state index contributed by atoms with van der Waals surface area (Å²) in [6.07, 6.45) is 1.51. The molecule has 126 valence electrons. The first-order valence-corrected chi connectivity index (χ1v) is 7.31. The van der Waals surface area contributed by atoms with Crippen molar-refractivity contribution in [3.05, 3.63) is 11.9 Å². The van der Waals surface area contributed by atoms with Gasteiger partial charge in [0.25, 0.3) is 12.3 Å². The fourth-order valence-corrected chi connectivity index (χ4v) is 2.50. The monoisotopic (exact) mass is 337 g/mol. The Morgan fingerprint density at radius 2 is 2.18 bits per heavy atom. The zero-order chi connectivity index (χ0) is 15.2. The lowest BCUT2D eigenvalue weighted by atomic mass is 10.1. The lowest BCUT2D eigenvalue weighted by Gasteiger charge is -2.22. The molecule has 0 saturated carbocycles. The summed E-state index contributed by atoms with van der Waals surface area (Å²) in [5, 5.41) is 11.1. The molecular formula is C13H22ClF2N5O. The Bertz CT molecular complexity index is 465. The number of carbonyl (C=O) groups is 1. The maximum Gasteiger partial charge on any atom is 0.276 e. The molecule has 6 nitrogen and oxygen atoms in total. The van der Waals surface area contributed by atoms with E-state index in [1.807, 2.05) is 6.92 Å². The molecular weight excluding hydrogens is 316 g/mol. The van der Waals surface area contributed by atoms with E-state index in [1.54, 1.807) is 10.9 Å². The SMILES string of the molecule is CCCN(CC(F)F)C(=O)c1cn(C2CCNCC2)nn1.Cl. The van der Waals surface area contributed by atoms with Crippen LogP contribution >= 0.6 is 12.4 Å². The van der Waals surface area contributed by atoms with E-state index in [-0.39, 0.29) is 24.1 Å². The van der Waals surface area contributed by atoms with Gasteiger partial charge >= 0.3 is 0 Å². The number of aromatic nitrogens is 3. The van der Waals surface area contributed by atoms with Gasteiger partial charge in [0.15, 0.2) is 5.69 Å². The molecule has 1 saturated heterocycles. The molecule has 9 heteroatoms. The largest absolute Gasteiger partial charge is 0.331 e. The standard InChI is InChI=1S/C13H21F2N5O.ClH/c1-2-7-19(9-12(14)15)13(21)11-8-20(18-17-11)10-3-5-16-6-4-10;/h8,10,12,16H,2-7,9H2,1H3;1H. The fourth-order valence-electron chi connectivity index (χ4n) is 2.50. The summed E-state index contributed by atoms with van der Waals surface area (Å²) < 4.78 is 26.8. The molecule has 1 aliphatic rings. The van der Waals surface area contributed by atoms with Gasteiger partial charge in [-0.25, -0.2) is 13.5 Å². The smallest absolute Gasteiger partial charge is 0.276 e. The van der Waals surface area contributed by atoms with Crippen molar-refractivity contribution in [2.24, 2.45) is 0 Å². The van der Waals surface area contributed by atoms with Crippen LogP contribution in [0, 0.1) is 0 Å². The topological polar surface area (TPSA) is 63.1 Å². The van der Waals surface area contributed by atoms with E-state index in [9.17, 15) is 13.6 Å². The normalized spacial score (nSPS) is 15.6. The summed E-state index contributed by atoms with van der Waals surface area (Å²) in [6.45, 7) is 3.39. The molecule has 2 heterocycles. The van der Waals surface area contributed by atoms with Gasteiger partial charge in [-0.3, -0.25) is 4.79 Å². The Kier molecular flexibility index (Phi) is 7.67. The van der Waals surface area contributed by atoms with Crippen molar-refractivity contribution in [2.75, 3.05) is 26.2 Å². The Balaban J connectivity index is 0.00000242. The van der Waals surface area contributed by atoms with Crippen molar-refractivity contribution in [3.8, 4) is 0 Å². The number of amides is 1. The predicted molar refractivity (Wildman–Crippen MR) is 80.6 cm³/mol. The second kappa shape index (κ2) is 8.99. The van der Waals surface area contributed by atoms with Gasteiger partial charge in [-0.2, -0.15) is 0 Å². The van der Waals surface area contributed by atoms with Gasteiger partial charge in [0.1, 0.15) is 0 Å². The van der Waals surface area contributed by atoms with Gasteiger partial charge in [0.2, 0.25) is 0 Å². The van der Waals surface area contributed by atoms with Crippen LogP contribution in [0.3, 0.4) is 0 Å². The van der Waals surface area contributed by atoms with Crippen LogP contribution in [0.5, 0.6) is 0 Å². The second-order valence-corrected chi connectivity index (χ2v) is 5.21. The Morgan fingerprint density at radius 3 is 2.77 bits per heavy atom. The summed E-state index contributed by atoms with van der Waals surface area (Å²) in [5.74, 6) is -0.475. The maximum absolute atomic E-state index is 12.5.